The Morgan fingerprint density at radius 2 is 1.60 bits per heavy atom. The van der Waals surface area contributed by atoms with Gasteiger partial charge in [0.2, 0.25) is 0 Å². The molecule has 1 N–H and O–H groups in total. The number of aromatic nitrogens is 3. The first-order valence-corrected chi connectivity index (χ1v) is 11.5. The molecule has 0 fully saturated rings. The SMILES string of the molecule is CCCCCCCc1ccc(CCCc2n[nH]c(=S)n2-c2cccc(OC)c2)cc1. The van der Waals surface area contributed by atoms with E-state index in [1.54, 1.807) is 7.11 Å². The molecule has 2 aromatic carbocycles. The Kier molecular flexibility index (Phi) is 8.69. The first-order chi connectivity index (χ1) is 14.7. The maximum atomic E-state index is 5.45. The predicted molar refractivity (Wildman–Crippen MR) is 126 cm³/mol. The molecule has 0 atom stereocenters. The highest BCUT2D eigenvalue weighted by Crippen LogP contribution is 2.19. The zero-order valence-corrected chi connectivity index (χ0v) is 19.0. The molecule has 0 radical (unpaired) electrons. The molecular formula is C25H33N3OS. The van der Waals surface area contributed by atoms with E-state index in [2.05, 4.69) is 41.4 Å². The number of methoxy groups -OCH3 is 1. The first-order valence-electron chi connectivity index (χ1n) is 11.1. The zero-order valence-electron chi connectivity index (χ0n) is 18.2. The summed E-state index contributed by atoms with van der Waals surface area (Å²) in [5.41, 5.74) is 3.81. The van der Waals surface area contributed by atoms with Crippen LogP contribution in [0.4, 0.5) is 0 Å². The Morgan fingerprint density at radius 1 is 0.900 bits per heavy atom. The van der Waals surface area contributed by atoms with E-state index in [4.69, 9.17) is 17.0 Å². The van der Waals surface area contributed by atoms with E-state index in [-0.39, 0.29) is 0 Å². The lowest BCUT2D eigenvalue weighted by Crippen LogP contribution is -2.03. The Labute approximate surface area is 185 Å². The maximum Gasteiger partial charge on any atom is 0.199 e. The van der Waals surface area contributed by atoms with Crippen molar-refractivity contribution in [3.8, 4) is 11.4 Å². The quantitative estimate of drug-likeness (QED) is 0.263. The van der Waals surface area contributed by atoms with Crippen LogP contribution in [0, 0.1) is 4.77 Å². The standard InChI is InChI=1S/C25H33N3OS/c1-3-4-5-6-7-10-20-15-17-21(18-16-20)11-8-14-24-26-27-25(30)28(24)22-12-9-13-23(19-22)29-2/h9,12-13,15-19H,3-8,10-11,14H2,1-2H3,(H,27,30). The van der Waals surface area contributed by atoms with Gasteiger partial charge in [-0.15, -0.1) is 0 Å². The minimum Gasteiger partial charge on any atom is -0.497 e. The van der Waals surface area contributed by atoms with Gasteiger partial charge in [-0.25, -0.2) is 0 Å². The van der Waals surface area contributed by atoms with Gasteiger partial charge in [0.25, 0.3) is 0 Å². The molecule has 0 unspecified atom stereocenters. The third-order valence-electron chi connectivity index (χ3n) is 5.51. The number of ether oxygens (including phenoxy) is 1. The van der Waals surface area contributed by atoms with Crippen LogP contribution in [0.3, 0.4) is 0 Å². The molecule has 0 bridgehead atoms. The van der Waals surface area contributed by atoms with Crippen LogP contribution in [0.25, 0.3) is 5.69 Å². The summed E-state index contributed by atoms with van der Waals surface area (Å²) >= 11 is 5.45. The largest absolute Gasteiger partial charge is 0.497 e. The average molecular weight is 424 g/mol. The van der Waals surface area contributed by atoms with E-state index in [9.17, 15) is 0 Å². The third kappa shape index (κ3) is 6.30. The van der Waals surface area contributed by atoms with E-state index >= 15 is 0 Å². The van der Waals surface area contributed by atoms with Crippen molar-refractivity contribution in [1.82, 2.24) is 14.8 Å². The molecule has 0 amide bonds. The number of rotatable bonds is 12. The Morgan fingerprint density at radius 3 is 2.30 bits per heavy atom. The van der Waals surface area contributed by atoms with Crippen molar-refractivity contribution in [3.63, 3.8) is 0 Å². The van der Waals surface area contributed by atoms with Crippen LogP contribution in [-0.4, -0.2) is 21.9 Å². The van der Waals surface area contributed by atoms with Crippen molar-refractivity contribution in [1.29, 1.82) is 0 Å². The number of benzene rings is 2. The number of hydrogen-bond acceptors (Lipinski definition) is 3. The molecule has 5 heteroatoms. The molecule has 1 aromatic heterocycles. The Hall–Kier alpha value is -2.40. The lowest BCUT2D eigenvalue weighted by atomic mass is 10.0. The van der Waals surface area contributed by atoms with Crippen LogP contribution in [0.15, 0.2) is 48.5 Å². The fourth-order valence-electron chi connectivity index (χ4n) is 3.77. The molecule has 0 aliphatic carbocycles. The molecule has 160 valence electrons. The molecule has 30 heavy (non-hydrogen) atoms. The second-order valence-corrected chi connectivity index (χ2v) is 8.20. The van der Waals surface area contributed by atoms with Gasteiger partial charge in [-0.2, -0.15) is 5.10 Å². The third-order valence-corrected chi connectivity index (χ3v) is 5.79. The molecule has 0 saturated carbocycles. The van der Waals surface area contributed by atoms with Crippen molar-refractivity contribution in [3.05, 3.63) is 70.3 Å². The van der Waals surface area contributed by atoms with Gasteiger partial charge >= 0.3 is 0 Å². The van der Waals surface area contributed by atoms with Crippen LogP contribution in [0.2, 0.25) is 0 Å². The fourth-order valence-corrected chi connectivity index (χ4v) is 4.03. The van der Waals surface area contributed by atoms with Crippen molar-refractivity contribution in [2.75, 3.05) is 7.11 Å². The zero-order chi connectivity index (χ0) is 21.2. The van der Waals surface area contributed by atoms with Crippen LogP contribution < -0.4 is 4.74 Å². The van der Waals surface area contributed by atoms with Crippen molar-refractivity contribution in [2.24, 2.45) is 0 Å². The average Bonchev–Trinajstić information content (AvgIpc) is 3.15. The van der Waals surface area contributed by atoms with Gasteiger partial charge in [-0.3, -0.25) is 9.67 Å². The first kappa shape index (κ1) is 22.3. The van der Waals surface area contributed by atoms with Gasteiger partial charge in [-0.05, 0) is 61.2 Å². The minimum atomic E-state index is 0.613. The molecule has 3 aromatic rings. The molecule has 0 spiro atoms. The van der Waals surface area contributed by atoms with Crippen LogP contribution >= 0.6 is 12.2 Å². The Balaban J connectivity index is 1.53. The number of nitrogens with zero attached hydrogens (tertiary/aromatic N) is 2. The monoisotopic (exact) mass is 423 g/mol. The van der Waals surface area contributed by atoms with Crippen molar-refractivity contribution in [2.45, 2.75) is 64.7 Å². The summed E-state index contributed by atoms with van der Waals surface area (Å²) in [5.74, 6) is 1.77. The number of hydrogen-bond donors (Lipinski definition) is 1. The summed E-state index contributed by atoms with van der Waals surface area (Å²) in [7, 11) is 1.67. The van der Waals surface area contributed by atoms with Crippen LogP contribution in [0.1, 0.15) is 62.4 Å². The number of unbranched alkanes of at least 4 members (excludes halogenated alkanes) is 4. The van der Waals surface area contributed by atoms with E-state index in [0.717, 1.165) is 36.5 Å². The summed E-state index contributed by atoms with van der Waals surface area (Å²) in [4.78, 5) is 0. The molecule has 3 rings (SSSR count). The van der Waals surface area contributed by atoms with Gasteiger partial charge < -0.3 is 4.74 Å². The number of aromatic amines is 1. The number of nitrogens with one attached hydrogen (secondary N) is 1. The fraction of sp³-hybridized carbons (Fsp3) is 0.440. The second kappa shape index (κ2) is 11.7. The van der Waals surface area contributed by atoms with Gasteiger partial charge in [0.05, 0.1) is 12.8 Å². The van der Waals surface area contributed by atoms with Crippen LogP contribution in [-0.2, 0) is 19.3 Å². The molecule has 0 aliphatic heterocycles. The van der Waals surface area contributed by atoms with E-state index in [1.165, 1.54) is 49.7 Å². The second-order valence-electron chi connectivity index (χ2n) is 7.82. The van der Waals surface area contributed by atoms with Gasteiger partial charge in [0, 0.05) is 12.5 Å². The van der Waals surface area contributed by atoms with E-state index in [0.29, 0.717) is 4.77 Å². The summed E-state index contributed by atoms with van der Waals surface area (Å²) in [6, 6.07) is 17.1. The highest BCUT2D eigenvalue weighted by Gasteiger charge is 2.09. The van der Waals surface area contributed by atoms with Gasteiger partial charge in [0.1, 0.15) is 11.6 Å². The molecule has 4 nitrogen and oxygen atoms in total. The van der Waals surface area contributed by atoms with Gasteiger partial charge in [0.15, 0.2) is 4.77 Å². The topological polar surface area (TPSA) is 42.8 Å². The van der Waals surface area contributed by atoms with Crippen molar-refractivity contribution < 1.29 is 4.74 Å². The maximum absolute atomic E-state index is 5.45. The normalized spacial score (nSPS) is 11.0. The van der Waals surface area contributed by atoms with E-state index in [1.807, 2.05) is 28.8 Å². The van der Waals surface area contributed by atoms with Crippen molar-refractivity contribution >= 4 is 12.2 Å². The summed E-state index contributed by atoms with van der Waals surface area (Å²) in [6.45, 7) is 2.26. The number of aryl methyl sites for hydroxylation is 3. The summed E-state index contributed by atoms with van der Waals surface area (Å²) in [5, 5.41) is 7.39. The van der Waals surface area contributed by atoms with E-state index < -0.39 is 0 Å². The minimum absolute atomic E-state index is 0.613. The van der Waals surface area contributed by atoms with Gasteiger partial charge in [-0.1, -0.05) is 62.9 Å². The number of H-pyrrole nitrogens is 1. The highest BCUT2D eigenvalue weighted by molar-refractivity contribution is 7.71. The molecule has 1 heterocycles. The summed E-state index contributed by atoms with van der Waals surface area (Å²) in [6.07, 6.45) is 10.8. The molecule has 0 saturated heterocycles. The smallest absolute Gasteiger partial charge is 0.199 e. The summed E-state index contributed by atoms with van der Waals surface area (Å²) < 4.78 is 7.96. The molecular weight excluding hydrogens is 390 g/mol. The predicted octanol–water partition coefficient (Wildman–Crippen LogP) is 6.63. The highest BCUT2D eigenvalue weighted by atomic mass is 32.1. The molecule has 0 aliphatic rings. The lowest BCUT2D eigenvalue weighted by molar-refractivity contribution is 0.414. The lowest BCUT2D eigenvalue weighted by Gasteiger charge is -2.09. The van der Waals surface area contributed by atoms with Crippen LogP contribution in [0.5, 0.6) is 5.75 Å². The Bertz CT molecular complexity index is 959.